The van der Waals surface area contributed by atoms with Crippen LogP contribution in [-0.2, 0) is 0 Å². The van der Waals surface area contributed by atoms with Crippen LogP contribution in [-0.4, -0.2) is 11.4 Å². The maximum absolute atomic E-state index is 12.4. The van der Waals surface area contributed by atoms with E-state index in [0.29, 0.717) is 15.6 Å². The lowest BCUT2D eigenvalue weighted by atomic mass is 9.99. The molecule has 1 aromatic carbocycles. The number of halogens is 1. The number of rotatable bonds is 4. The Labute approximate surface area is 128 Å². The van der Waals surface area contributed by atoms with Crippen molar-refractivity contribution in [1.82, 2.24) is 5.32 Å². The summed E-state index contributed by atoms with van der Waals surface area (Å²) in [7, 11) is 0. The van der Waals surface area contributed by atoms with E-state index in [-0.39, 0.29) is 11.4 Å². The Morgan fingerprint density at radius 2 is 2.15 bits per heavy atom. The van der Waals surface area contributed by atoms with E-state index in [0.717, 1.165) is 22.9 Å². The van der Waals surface area contributed by atoms with Gasteiger partial charge in [-0.05, 0) is 32.4 Å². The van der Waals surface area contributed by atoms with Gasteiger partial charge in [0.1, 0.15) is 4.88 Å². The van der Waals surface area contributed by atoms with E-state index < -0.39 is 0 Å². The van der Waals surface area contributed by atoms with Gasteiger partial charge in [0.2, 0.25) is 0 Å². The highest BCUT2D eigenvalue weighted by Gasteiger charge is 2.24. The molecular formula is C15H19ClN2OS. The molecule has 3 N–H and O–H groups in total. The second kappa shape index (κ2) is 5.62. The molecule has 2 aromatic rings. The highest BCUT2D eigenvalue weighted by Crippen LogP contribution is 2.38. The van der Waals surface area contributed by atoms with E-state index in [1.54, 1.807) is 6.07 Å². The number of anilines is 1. The van der Waals surface area contributed by atoms with Crippen molar-refractivity contribution in [3.8, 4) is 0 Å². The van der Waals surface area contributed by atoms with Gasteiger partial charge in [-0.25, -0.2) is 0 Å². The first-order chi connectivity index (χ1) is 9.35. The Kier molecular flexibility index (Phi) is 4.25. The second-order valence-corrected chi connectivity index (χ2v) is 7.01. The largest absolute Gasteiger partial charge is 0.397 e. The van der Waals surface area contributed by atoms with Crippen LogP contribution in [0.3, 0.4) is 0 Å². The summed E-state index contributed by atoms with van der Waals surface area (Å²) >= 11 is 7.54. The third kappa shape index (κ3) is 2.91. The Hall–Kier alpha value is -1.26. The van der Waals surface area contributed by atoms with Crippen LogP contribution in [0.15, 0.2) is 18.2 Å². The molecule has 20 heavy (non-hydrogen) atoms. The first kappa shape index (κ1) is 15.1. The fraction of sp³-hybridized carbons (Fsp3) is 0.400. The molecule has 5 heteroatoms. The van der Waals surface area contributed by atoms with Crippen molar-refractivity contribution >= 4 is 44.6 Å². The Morgan fingerprint density at radius 3 is 2.75 bits per heavy atom. The van der Waals surface area contributed by atoms with Crippen LogP contribution in [0.5, 0.6) is 0 Å². The summed E-state index contributed by atoms with van der Waals surface area (Å²) in [6.07, 6.45) is 1.94. The first-order valence-electron chi connectivity index (χ1n) is 6.64. The van der Waals surface area contributed by atoms with Gasteiger partial charge in [0.25, 0.3) is 5.91 Å². The van der Waals surface area contributed by atoms with E-state index in [1.807, 2.05) is 26.0 Å². The van der Waals surface area contributed by atoms with Gasteiger partial charge in [-0.3, -0.25) is 4.79 Å². The molecule has 108 valence electrons. The molecule has 2 rings (SSSR count). The van der Waals surface area contributed by atoms with Gasteiger partial charge >= 0.3 is 0 Å². The number of hydrogen-bond donors (Lipinski definition) is 2. The quantitative estimate of drug-likeness (QED) is 0.876. The molecule has 0 saturated heterocycles. The maximum Gasteiger partial charge on any atom is 0.263 e. The SMILES string of the molecule is CCCC(C)(C)NC(=O)c1sc2cccc(Cl)c2c1N. The molecular weight excluding hydrogens is 292 g/mol. The molecule has 0 fully saturated rings. The topological polar surface area (TPSA) is 55.1 Å². The zero-order valence-corrected chi connectivity index (χ0v) is 13.5. The third-order valence-corrected chi connectivity index (χ3v) is 4.72. The predicted molar refractivity (Wildman–Crippen MR) is 87.7 cm³/mol. The first-order valence-corrected chi connectivity index (χ1v) is 7.84. The van der Waals surface area contributed by atoms with Crippen molar-refractivity contribution in [2.24, 2.45) is 0 Å². The van der Waals surface area contributed by atoms with Crippen molar-refractivity contribution in [1.29, 1.82) is 0 Å². The van der Waals surface area contributed by atoms with Crippen LogP contribution in [0.1, 0.15) is 43.3 Å². The van der Waals surface area contributed by atoms with Gasteiger partial charge in [-0.15, -0.1) is 11.3 Å². The minimum atomic E-state index is -0.238. The Morgan fingerprint density at radius 1 is 1.45 bits per heavy atom. The number of nitrogens with one attached hydrogen (secondary N) is 1. The number of fused-ring (bicyclic) bond motifs is 1. The molecule has 0 unspecified atom stereocenters. The average Bonchev–Trinajstić information content (AvgIpc) is 2.67. The lowest BCUT2D eigenvalue weighted by Gasteiger charge is -2.25. The minimum absolute atomic E-state index is 0.127. The van der Waals surface area contributed by atoms with Gasteiger partial charge < -0.3 is 11.1 Å². The molecule has 0 aliphatic rings. The number of thiophene rings is 1. The van der Waals surface area contributed by atoms with Crippen LogP contribution < -0.4 is 11.1 Å². The zero-order valence-electron chi connectivity index (χ0n) is 11.9. The zero-order chi connectivity index (χ0) is 14.9. The smallest absolute Gasteiger partial charge is 0.263 e. The summed E-state index contributed by atoms with van der Waals surface area (Å²) < 4.78 is 0.938. The van der Waals surface area contributed by atoms with Gasteiger partial charge in [0.05, 0.1) is 10.7 Å². The molecule has 0 aliphatic carbocycles. The fourth-order valence-electron chi connectivity index (χ4n) is 2.35. The van der Waals surface area contributed by atoms with Crippen LogP contribution >= 0.6 is 22.9 Å². The van der Waals surface area contributed by atoms with Crippen molar-refractivity contribution in [2.45, 2.75) is 39.2 Å². The normalized spacial score (nSPS) is 11.8. The van der Waals surface area contributed by atoms with E-state index in [2.05, 4.69) is 12.2 Å². The number of nitrogen functional groups attached to an aromatic ring is 1. The monoisotopic (exact) mass is 310 g/mol. The van der Waals surface area contributed by atoms with Crippen molar-refractivity contribution in [2.75, 3.05) is 5.73 Å². The van der Waals surface area contributed by atoms with E-state index in [4.69, 9.17) is 17.3 Å². The third-order valence-electron chi connectivity index (χ3n) is 3.23. The lowest BCUT2D eigenvalue weighted by molar-refractivity contribution is 0.0914. The molecule has 0 bridgehead atoms. The molecule has 1 amide bonds. The molecule has 0 radical (unpaired) electrons. The summed E-state index contributed by atoms with van der Waals surface area (Å²) in [6, 6.07) is 5.58. The molecule has 0 atom stereocenters. The van der Waals surface area contributed by atoms with Gasteiger partial charge in [0.15, 0.2) is 0 Å². The predicted octanol–water partition coefficient (Wildman–Crippen LogP) is 4.45. The molecule has 3 nitrogen and oxygen atoms in total. The minimum Gasteiger partial charge on any atom is -0.397 e. The van der Waals surface area contributed by atoms with Crippen LogP contribution in [0.25, 0.3) is 10.1 Å². The standard InChI is InChI=1S/C15H19ClN2OS/c1-4-8-15(2,3)18-14(19)13-12(17)11-9(16)6-5-7-10(11)20-13/h5-7H,4,8,17H2,1-3H3,(H,18,19). The second-order valence-electron chi connectivity index (χ2n) is 5.55. The Balaban J connectivity index is 2.36. The van der Waals surface area contributed by atoms with Crippen molar-refractivity contribution in [3.05, 3.63) is 28.1 Å². The number of carbonyl (C=O) groups excluding carboxylic acids is 1. The number of carbonyl (C=O) groups is 1. The average molecular weight is 311 g/mol. The maximum atomic E-state index is 12.4. The summed E-state index contributed by atoms with van der Waals surface area (Å²) in [4.78, 5) is 13.0. The van der Waals surface area contributed by atoms with Crippen molar-refractivity contribution in [3.63, 3.8) is 0 Å². The molecule has 1 aromatic heterocycles. The van der Waals surface area contributed by atoms with Gasteiger partial charge in [-0.2, -0.15) is 0 Å². The molecule has 1 heterocycles. The van der Waals surface area contributed by atoms with Crippen LogP contribution in [0.4, 0.5) is 5.69 Å². The summed E-state index contributed by atoms with van der Waals surface area (Å²) in [6.45, 7) is 6.14. The number of benzene rings is 1. The summed E-state index contributed by atoms with van der Waals surface area (Å²) in [5.74, 6) is -0.127. The van der Waals surface area contributed by atoms with E-state index in [9.17, 15) is 4.79 Å². The van der Waals surface area contributed by atoms with E-state index >= 15 is 0 Å². The molecule has 0 spiro atoms. The van der Waals surface area contributed by atoms with Crippen LogP contribution in [0, 0.1) is 0 Å². The van der Waals surface area contributed by atoms with E-state index in [1.165, 1.54) is 11.3 Å². The van der Waals surface area contributed by atoms with Gasteiger partial charge in [0, 0.05) is 15.6 Å². The number of nitrogens with two attached hydrogens (primary N) is 1. The van der Waals surface area contributed by atoms with Crippen molar-refractivity contribution < 1.29 is 4.79 Å². The highest BCUT2D eigenvalue weighted by atomic mass is 35.5. The summed E-state index contributed by atoms with van der Waals surface area (Å²) in [5.41, 5.74) is 6.33. The lowest BCUT2D eigenvalue weighted by Crippen LogP contribution is -2.43. The molecule has 0 saturated carbocycles. The van der Waals surface area contributed by atoms with Crippen LogP contribution in [0.2, 0.25) is 5.02 Å². The number of amides is 1. The summed E-state index contributed by atoms with van der Waals surface area (Å²) in [5, 5.41) is 4.40. The van der Waals surface area contributed by atoms with Gasteiger partial charge in [-0.1, -0.05) is 31.0 Å². The Bertz CT molecular complexity index is 649. The number of hydrogen-bond acceptors (Lipinski definition) is 3. The fourth-order valence-corrected chi connectivity index (χ4v) is 3.73. The molecule has 0 aliphatic heterocycles. The highest BCUT2D eigenvalue weighted by molar-refractivity contribution is 7.21.